The summed E-state index contributed by atoms with van der Waals surface area (Å²) in [4.78, 5) is 22.0. The van der Waals surface area contributed by atoms with E-state index < -0.39 is 0 Å². The number of nitrogens with one attached hydrogen (secondary N) is 2. The van der Waals surface area contributed by atoms with Gasteiger partial charge < -0.3 is 15.4 Å². The molecule has 0 aliphatic carbocycles. The molecule has 0 radical (unpaired) electrons. The number of benzene rings is 1. The van der Waals surface area contributed by atoms with Gasteiger partial charge in [-0.2, -0.15) is 0 Å². The Labute approximate surface area is 113 Å². The topological polar surface area (TPSA) is 67.4 Å². The van der Waals surface area contributed by atoms with Crippen molar-refractivity contribution in [2.24, 2.45) is 0 Å². The monoisotopic (exact) mass is 264 g/mol. The maximum absolute atomic E-state index is 11.4. The first-order valence-corrected chi connectivity index (χ1v) is 6.34. The fourth-order valence-electron chi connectivity index (χ4n) is 1.46. The van der Waals surface area contributed by atoms with Crippen LogP contribution >= 0.6 is 0 Å². The van der Waals surface area contributed by atoms with Gasteiger partial charge in [0.15, 0.2) is 6.61 Å². The summed E-state index contributed by atoms with van der Waals surface area (Å²) >= 11 is 0. The molecule has 0 aliphatic heterocycles. The van der Waals surface area contributed by atoms with Gasteiger partial charge >= 0.3 is 0 Å². The third kappa shape index (κ3) is 6.45. The molecule has 104 valence electrons. The van der Waals surface area contributed by atoms with Crippen LogP contribution in [0.5, 0.6) is 5.75 Å². The first-order valence-electron chi connectivity index (χ1n) is 6.34. The molecule has 0 unspecified atom stereocenters. The molecule has 5 heteroatoms. The van der Waals surface area contributed by atoms with Gasteiger partial charge in [-0.3, -0.25) is 9.59 Å². The summed E-state index contributed by atoms with van der Waals surface area (Å²) < 4.78 is 5.35. The Morgan fingerprint density at radius 3 is 2.32 bits per heavy atom. The Morgan fingerprint density at radius 2 is 1.74 bits per heavy atom. The van der Waals surface area contributed by atoms with Crippen molar-refractivity contribution in [1.29, 1.82) is 0 Å². The van der Waals surface area contributed by atoms with Crippen molar-refractivity contribution in [2.75, 3.05) is 19.7 Å². The SMILES string of the molecule is CCc1ccc(OCC(=O)NCCNC(C)=O)cc1. The molecule has 0 atom stereocenters. The normalized spacial score (nSPS) is 9.79. The molecule has 5 nitrogen and oxygen atoms in total. The smallest absolute Gasteiger partial charge is 0.258 e. The highest BCUT2D eigenvalue weighted by Crippen LogP contribution is 2.12. The van der Waals surface area contributed by atoms with Gasteiger partial charge in [0.05, 0.1) is 0 Å². The fraction of sp³-hybridized carbons (Fsp3) is 0.429. The number of aryl methyl sites for hydroxylation is 1. The van der Waals surface area contributed by atoms with Gasteiger partial charge in [0.25, 0.3) is 5.91 Å². The van der Waals surface area contributed by atoms with Crippen molar-refractivity contribution in [1.82, 2.24) is 10.6 Å². The van der Waals surface area contributed by atoms with E-state index in [2.05, 4.69) is 17.6 Å². The predicted molar refractivity (Wildman–Crippen MR) is 73.0 cm³/mol. The lowest BCUT2D eigenvalue weighted by Gasteiger charge is -2.08. The van der Waals surface area contributed by atoms with Gasteiger partial charge in [0.2, 0.25) is 5.91 Å². The number of carbonyl (C=O) groups excluding carboxylic acids is 2. The average molecular weight is 264 g/mol. The Hall–Kier alpha value is -2.04. The van der Waals surface area contributed by atoms with E-state index >= 15 is 0 Å². The summed E-state index contributed by atoms with van der Waals surface area (Å²) in [6.07, 6.45) is 0.976. The first kappa shape index (κ1) is 15.0. The van der Waals surface area contributed by atoms with Crippen LogP contribution in [0.15, 0.2) is 24.3 Å². The molecule has 0 heterocycles. The molecule has 0 saturated carbocycles. The molecule has 0 fully saturated rings. The summed E-state index contributed by atoms with van der Waals surface area (Å²) in [5.41, 5.74) is 1.23. The van der Waals surface area contributed by atoms with E-state index in [0.717, 1.165) is 6.42 Å². The molecular formula is C14H20N2O3. The van der Waals surface area contributed by atoms with Crippen LogP contribution in [0.4, 0.5) is 0 Å². The van der Waals surface area contributed by atoms with Crippen LogP contribution < -0.4 is 15.4 Å². The van der Waals surface area contributed by atoms with Crippen molar-refractivity contribution in [3.8, 4) is 5.75 Å². The van der Waals surface area contributed by atoms with Gasteiger partial charge in [0.1, 0.15) is 5.75 Å². The molecule has 2 N–H and O–H groups in total. The average Bonchev–Trinajstić information content (AvgIpc) is 2.41. The Balaban J connectivity index is 2.20. The predicted octanol–water partition coefficient (Wildman–Crippen LogP) is 0.880. The van der Waals surface area contributed by atoms with E-state index in [-0.39, 0.29) is 18.4 Å². The second-order valence-electron chi connectivity index (χ2n) is 4.12. The lowest BCUT2D eigenvalue weighted by molar-refractivity contribution is -0.123. The van der Waals surface area contributed by atoms with E-state index in [1.54, 1.807) is 0 Å². The third-order valence-electron chi connectivity index (χ3n) is 2.52. The Morgan fingerprint density at radius 1 is 1.11 bits per heavy atom. The molecule has 0 aliphatic rings. The number of ether oxygens (including phenoxy) is 1. The molecule has 2 amide bonds. The molecule has 0 spiro atoms. The molecule has 0 aromatic heterocycles. The second kappa shape index (κ2) is 8.13. The summed E-state index contributed by atoms with van der Waals surface area (Å²) in [6, 6.07) is 7.65. The summed E-state index contributed by atoms with van der Waals surface area (Å²) in [5.74, 6) is 0.362. The van der Waals surface area contributed by atoms with Crippen LogP contribution in [0, 0.1) is 0 Å². The molecule has 0 bridgehead atoms. The lowest BCUT2D eigenvalue weighted by Crippen LogP contribution is -2.36. The minimum atomic E-state index is -0.204. The van der Waals surface area contributed by atoms with Crippen LogP contribution in [0.2, 0.25) is 0 Å². The highest BCUT2D eigenvalue weighted by Gasteiger charge is 2.02. The van der Waals surface area contributed by atoms with Crippen LogP contribution in [0.25, 0.3) is 0 Å². The maximum Gasteiger partial charge on any atom is 0.258 e. The standard InChI is InChI=1S/C14H20N2O3/c1-3-12-4-6-13(7-5-12)19-10-14(18)16-9-8-15-11(2)17/h4-7H,3,8-10H2,1-2H3,(H,15,17)(H,16,18). The van der Waals surface area contributed by atoms with Crippen LogP contribution in [-0.2, 0) is 16.0 Å². The number of amides is 2. The second-order valence-corrected chi connectivity index (χ2v) is 4.12. The van der Waals surface area contributed by atoms with Crippen LogP contribution in [-0.4, -0.2) is 31.5 Å². The third-order valence-corrected chi connectivity index (χ3v) is 2.52. The van der Waals surface area contributed by atoms with E-state index in [4.69, 9.17) is 4.74 Å². The highest BCUT2D eigenvalue weighted by molar-refractivity contribution is 5.77. The van der Waals surface area contributed by atoms with Crippen molar-refractivity contribution >= 4 is 11.8 Å². The highest BCUT2D eigenvalue weighted by atomic mass is 16.5. The van der Waals surface area contributed by atoms with E-state index in [9.17, 15) is 9.59 Å². The quantitative estimate of drug-likeness (QED) is 0.718. The minimum Gasteiger partial charge on any atom is -0.484 e. The van der Waals surface area contributed by atoms with Gasteiger partial charge in [-0.15, -0.1) is 0 Å². The Bertz CT molecular complexity index is 415. The van der Waals surface area contributed by atoms with Gasteiger partial charge in [-0.05, 0) is 24.1 Å². The van der Waals surface area contributed by atoms with Crippen LogP contribution in [0.1, 0.15) is 19.4 Å². The maximum atomic E-state index is 11.4. The number of hydrogen-bond donors (Lipinski definition) is 2. The lowest BCUT2D eigenvalue weighted by atomic mass is 10.2. The Kier molecular flexibility index (Phi) is 6.43. The fourth-order valence-corrected chi connectivity index (χ4v) is 1.46. The zero-order chi connectivity index (χ0) is 14.1. The number of rotatable bonds is 7. The van der Waals surface area contributed by atoms with Crippen molar-refractivity contribution in [3.63, 3.8) is 0 Å². The van der Waals surface area contributed by atoms with Gasteiger partial charge in [-0.25, -0.2) is 0 Å². The van der Waals surface area contributed by atoms with E-state index in [1.807, 2.05) is 24.3 Å². The van der Waals surface area contributed by atoms with Crippen LogP contribution in [0.3, 0.4) is 0 Å². The van der Waals surface area contributed by atoms with Crippen molar-refractivity contribution in [3.05, 3.63) is 29.8 Å². The minimum absolute atomic E-state index is 0.0223. The van der Waals surface area contributed by atoms with Crippen molar-refractivity contribution < 1.29 is 14.3 Å². The molecule has 1 aromatic carbocycles. The molecule has 1 rings (SSSR count). The van der Waals surface area contributed by atoms with Gasteiger partial charge in [0, 0.05) is 20.0 Å². The number of hydrogen-bond acceptors (Lipinski definition) is 3. The zero-order valence-electron chi connectivity index (χ0n) is 11.4. The molecule has 1 aromatic rings. The van der Waals surface area contributed by atoms with Crippen molar-refractivity contribution in [2.45, 2.75) is 20.3 Å². The molecular weight excluding hydrogens is 244 g/mol. The summed E-state index contributed by atoms with van der Waals surface area (Å²) in [7, 11) is 0. The first-order chi connectivity index (χ1) is 9.11. The number of carbonyl (C=O) groups is 2. The molecule has 19 heavy (non-hydrogen) atoms. The summed E-state index contributed by atoms with van der Waals surface area (Å²) in [5, 5.41) is 5.25. The molecule has 0 saturated heterocycles. The summed E-state index contributed by atoms with van der Waals surface area (Å²) in [6.45, 7) is 4.32. The van der Waals surface area contributed by atoms with E-state index in [1.165, 1.54) is 12.5 Å². The van der Waals surface area contributed by atoms with Gasteiger partial charge in [-0.1, -0.05) is 19.1 Å². The largest absolute Gasteiger partial charge is 0.484 e. The zero-order valence-corrected chi connectivity index (χ0v) is 11.4. The van der Waals surface area contributed by atoms with E-state index in [0.29, 0.717) is 18.8 Å².